The first-order valence-electron chi connectivity index (χ1n) is 5.12. The molecule has 0 aliphatic rings. The Bertz CT molecular complexity index is 640. The Kier molecular flexibility index (Phi) is 4.52. The van der Waals surface area contributed by atoms with Gasteiger partial charge in [0.1, 0.15) is 5.76 Å². The van der Waals surface area contributed by atoms with E-state index >= 15 is 0 Å². The molecule has 0 bridgehead atoms. The van der Waals surface area contributed by atoms with Crippen LogP contribution in [0, 0.1) is 0 Å². The molecule has 0 atom stereocenters. The van der Waals surface area contributed by atoms with Crippen molar-refractivity contribution in [1.82, 2.24) is 0 Å². The van der Waals surface area contributed by atoms with Crippen LogP contribution in [-0.2, 0) is 14.9 Å². The Morgan fingerprint density at radius 3 is 2.05 bits per heavy atom. The van der Waals surface area contributed by atoms with Crippen LogP contribution in [0.4, 0.5) is 5.69 Å². The molecule has 0 radical (unpaired) electrons. The number of hydrogen-bond acceptors (Lipinski definition) is 6. The molecule has 0 spiro atoms. The van der Waals surface area contributed by atoms with E-state index in [1.54, 1.807) is 0 Å². The number of nitrogens with zero attached hydrogens (tertiary/aromatic N) is 2. The number of rotatable bonds is 4. The first-order chi connectivity index (χ1) is 8.71. The van der Waals surface area contributed by atoms with Crippen molar-refractivity contribution in [3.8, 4) is 0 Å². The van der Waals surface area contributed by atoms with E-state index in [0.717, 1.165) is 12.1 Å². The predicted octanol–water partition coefficient (Wildman–Crippen LogP) is 2.40. The molecule has 102 valence electrons. The van der Waals surface area contributed by atoms with Crippen molar-refractivity contribution < 1.29 is 22.9 Å². The molecular formula is C11H12N2O5S. The van der Waals surface area contributed by atoms with Gasteiger partial charge < -0.3 is 5.11 Å². The number of benzene rings is 1. The van der Waals surface area contributed by atoms with E-state index in [2.05, 4.69) is 10.2 Å². The standard InChI is InChI=1S/C11H12N2O5S/c1-7(14)11(8(2)15)13-12-9-3-5-10(6-4-9)19(16,17)18/h3-6,14H,1-2H3,(H,16,17,18)/b11-7-,13-12?. The SMILES string of the molecule is CC(=O)/C(N=Nc1ccc(S(=O)(=O)O)cc1)=C(\C)O. The van der Waals surface area contributed by atoms with E-state index in [-0.39, 0.29) is 22.0 Å². The zero-order valence-corrected chi connectivity index (χ0v) is 11.0. The molecule has 19 heavy (non-hydrogen) atoms. The van der Waals surface area contributed by atoms with Crippen molar-refractivity contribution in [1.29, 1.82) is 0 Å². The molecule has 0 heterocycles. The van der Waals surface area contributed by atoms with Gasteiger partial charge >= 0.3 is 0 Å². The fourth-order valence-electron chi connectivity index (χ4n) is 1.19. The lowest BCUT2D eigenvalue weighted by Crippen LogP contribution is -1.97. The molecule has 1 aromatic rings. The number of carbonyl (C=O) groups excluding carboxylic acids is 1. The third-order valence-corrected chi connectivity index (χ3v) is 2.94. The maximum atomic E-state index is 11.1. The second-order valence-electron chi connectivity index (χ2n) is 3.66. The average Bonchev–Trinajstić information content (AvgIpc) is 2.27. The normalized spacial score (nSPS) is 13.4. The molecule has 1 aromatic carbocycles. The highest BCUT2D eigenvalue weighted by Gasteiger charge is 2.09. The Morgan fingerprint density at radius 1 is 1.16 bits per heavy atom. The van der Waals surface area contributed by atoms with E-state index < -0.39 is 15.9 Å². The lowest BCUT2D eigenvalue weighted by molar-refractivity contribution is -0.113. The van der Waals surface area contributed by atoms with Gasteiger partial charge in [-0.1, -0.05) is 0 Å². The van der Waals surface area contributed by atoms with Crippen molar-refractivity contribution >= 4 is 21.6 Å². The van der Waals surface area contributed by atoms with Gasteiger partial charge in [0.25, 0.3) is 10.1 Å². The minimum absolute atomic E-state index is 0.182. The van der Waals surface area contributed by atoms with Crippen molar-refractivity contribution in [2.75, 3.05) is 0 Å². The summed E-state index contributed by atoms with van der Waals surface area (Å²) in [5, 5.41) is 16.5. The van der Waals surface area contributed by atoms with Gasteiger partial charge in [-0.05, 0) is 31.2 Å². The van der Waals surface area contributed by atoms with Gasteiger partial charge in [-0.15, -0.1) is 5.11 Å². The largest absolute Gasteiger partial charge is 0.510 e. The zero-order valence-electron chi connectivity index (χ0n) is 10.2. The summed E-state index contributed by atoms with van der Waals surface area (Å²) in [6.45, 7) is 2.53. The molecule has 0 amide bonds. The summed E-state index contributed by atoms with van der Waals surface area (Å²) in [5.41, 5.74) is 0.0891. The summed E-state index contributed by atoms with van der Waals surface area (Å²) in [5.74, 6) is -0.705. The van der Waals surface area contributed by atoms with Gasteiger partial charge in [0.2, 0.25) is 0 Å². The van der Waals surface area contributed by atoms with Crippen LogP contribution in [0.1, 0.15) is 13.8 Å². The van der Waals surface area contributed by atoms with Crippen LogP contribution < -0.4 is 0 Å². The highest BCUT2D eigenvalue weighted by atomic mass is 32.2. The molecule has 7 nitrogen and oxygen atoms in total. The number of ketones is 1. The number of allylic oxidation sites excluding steroid dienone is 2. The molecule has 0 aromatic heterocycles. The van der Waals surface area contributed by atoms with Crippen LogP contribution in [0.5, 0.6) is 0 Å². The van der Waals surface area contributed by atoms with Crippen LogP contribution in [0.2, 0.25) is 0 Å². The van der Waals surface area contributed by atoms with Crippen LogP contribution in [0.3, 0.4) is 0 Å². The third kappa shape index (κ3) is 4.27. The number of aliphatic hydroxyl groups excluding tert-OH is 1. The van der Waals surface area contributed by atoms with Gasteiger partial charge in [0.05, 0.1) is 10.6 Å². The summed E-state index contributed by atoms with van der Waals surface area (Å²) in [7, 11) is -4.25. The summed E-state index contributed by atoms with van der Waals surface area (Å²) in [6, 6.07) is 4.90. The van der Waals surface area contributed by atoms with Crippen LogP contribution >= 0.6 is 0 Å². The topological polar surface area (TPSA) is 116 Å². The predicted molar refractivity (Wildman–Crippen MR) is 66.8 cm³/mol. The van der Waals surface area contributed by atoms with Crippen molar-refractivity contribution in [3.05, 3.63) is 35.7 Å². The second kappa shape index (κ2) is 5.72. The first kappa shape index (κ1) is 15.0. The molecule has 0 saturated carbocycles. The Balaban J connectivity index is 3.02. The maximum absolute atomic E-state index is 11.1. The summed E-state index contributed by atoms with van der Waals surface area (Å²) in [6.07, 6.45) is 0. The lowest BCUT2D eigenvalue weighted by atomic mass is 10.3. The Morgan fingerprint density at radius 2 is 1.68 bits per heavy atom. The minimum Gasteiger partial charge on any atom is -0.510 e. The van der Waals surface area contributed by atoms with Crippen molar-refractivity contribution in [2.24, 2.45) is 10.2 Å². The van der Waals surface area contributed by atoms with E-state index in [0.29, 0.717) is 0 Å². The number of hydrogen-bond donors (Lipinski definition) is 2. The van der Waals surface area contributed by atoms with Gasteiger partial charge in [0, 0.05) is 6.92 Å². The molecule has 0 aliphatic heterocycles. The monoisotopic (exact) mass is 284 g/mol. The lowest BCUT2D eigenvalue weighted by Gasteiger charge is -1.98. The highest BCUT2D eigenvalue weighted by Crippen LogP contribution is 2.18. The Hall–Kier alpha value is -2.06. The van der Waals surface area contributed by atoms with E-state index in [9.17, 15) is 18.3 Å². The molecule has 1 rings (SSSR count). The minimum atomic E-state index is -4.25. The van der Waals surface area contributed by atoms with Crippen molar-refractivity contribution in [2.45, 2.75) is 18.7 Å². The molecule has 0 aliphatic carbocycles. The van der Waals surface area contributed by atoms with Gasteiger partial charge in [-0.2, -0.15) is 13.5 Å². The van der Waals surface area contributed by atoms with Gasteiger partial charge in [-0.25, -0.2) is 0 Å². The second-order valence-corrected chi connectivity index (χ2v) is 5.08. The van der Waals surface area contributed by atoms with E-state index in [1.165, 1.54) is 26.0 Å². The number of azo groups is 1. The van der Waals surface area contributed by atoms with Crippen LogP contribution in [0.25, 0.3) is 0 Å². The van der Waals surface area contributed by atoms with E-state index in [4.69, 9.17) is 4.55 Å². The molecule has 0 saturated heterocycles. The molecule has 8 heteroatoms. The maximum Gasteiger partial charge on any atom is 0.294 e. The first-order valence-corrected chi connectivity index (χ1v) is 6.56. The quantitative estimate of drug-likeness (QED) is 0.381. The van der Waals surface area contributed by atoms with E-state index in [1.807, 2.05) is 0 Å². The summed E-state index contributed by atoms with van der Waals surface area (Å²) < 4.78 is 30.4. The molecule has 0 unspecified atom stereocenters. The highest BCUT2D eigenvalue weighted by molar-refractivity contribution is 7.85. The number of Topliss-reactive ketones (excluding diaryl/α,β-unsaturated/α-hetero) is 1. The summed E-state index contributed by atoms with van der Waals surface area (Å²) in [4.78, 5) is 10.8. The Labute approximate surface area is 110 Å². The number of carbonyl (C=O) groups is 1. The zero-order chi connectivity index (χ0) is 14.6. The smallest absolute Gasteiger partial charge is 0.294 e. The fourth-order valence-corrected chi connectivity index (χ4v) is 1.67. The number of aliphatic hydroxyl groups is 1. The fraction of sp³-hybridized carbons (Fsp3) is 0.182. The molecule has 0 fully saturated rings. The van der Waals surface area contributed by atoms with Crippen molar-refractivity contribution in [3.63, 3.8) is 0 Å². The molecule has 2 N–H and O–H groups in total. The van der Waals surface area contributed by atoms with Crippen LogP contribution in [-0.4, -0.2) is 23.9 Å². The summed E-state index contributed by atoms with van der Waals surface area (Å²) >= 11 is 0. The molecular weight excluding hydrogens is 272 g/mol. The van der Waals surface area contributed by atoms with Gasteiger partial charge in [0.15, 0.2) is 11.5 Å². The van der Waals surface area contributed by atoms with Gasteiger partial charge in [-0.3, -0.25) is 9.35 Å². The van der Waals surface area contributed by atoms with Crippen LogP contribution in [0.15, 0.2) is 50.8 Å². The average molecular weight is 284 g/mol. The third-order valence-electron chi connectivity index (χ3n) is 2.08.